The van der Waals surface area contributed by atoms with Gasteiger partial charge in [0.1, 0.15) is 13.2 Å². The number of carbonyl (C=O) groups excluding carboxylic acids is 1. The van der Waals surface area contributed by atoms with Crippen LogP contribution in [-0.4, -0.2) is 26.6 Å². The fourth-order valence-electron chi connectivity index (χ4n) is 2.38. The summed E-state index contributed by atoms with van der Waals surface area (Å²) in [6.07, 6.45) is 0. The van der Waals surface area contributed by atoms with Gasteiger partial charge in [0, 0.05) is 5.56 Å². The maximum Gasteiger partial charge on any atom is 0.272 e. The van der Waals surface area contributed by atoms with Gasteiger partial charge in [-0.05, 0) is 23.8 Å². The molecule has 0 radical (unpaired) electrons. The highest BCUT2D eigenvalue weighted by Gasteiger charge is 2.11. The topological polar surface area (TPSA) is 66.0 Å². The minimum Gasteiger partial charge on any atom is -0.493 e. The molecule has 2 rings (SSSR count). The van der Waals surface area contributed by atoms with Gasteiger partial charge >= 0.3 is 0 Å². The second kappa shape index (κ2) is 8.19. The van der Waals surface area contributed by atoms with Gasteiger partial charge in [0.2, 0.25) is 0 Å². The fourth-order valence-corrected chi connectivity index (χ4v) is 2.38. The summed E-state index contributed by atoms with van der Waals surface area (Å²) in [7, 11) is 3.55. The molecule has 1 atom stereocenters. The number of rotatable bonds is 8. The Bertz CT molecular complexity index is 644. The molecule has 2 aromatic carbocycles. The van der Waals surface area contributed by atoms with Gasteiger partial charge < -0.3 is 20.1 Å². The molecule has 0 aliphatic rings. The zero-order valence-electron chi connectivity index (χ0n) is 13.5. The van der Waals surface area contributed by atoms with E-state index < -0.39 is 0 Å². The summed E-state index contributed by atoms with van der Waals surface area (Å²) < 4.78 is 11.2. The van der Waals surface area contributed by atoms with E-state index in [1.807, 2.05) is 55.6 Å². The molecule has 2 aromatic rings. The molecule has 0 spiro atoms. The van der Waals surface area contributed by atoms with Gasteiger partial charge in [-0.25, -0.2) is 0 Å². The quantitative estimate of drug-likeness (QED) is 0.756. The van der Waals surface area contributed by atoms with E-state index in [1.165, 1.54) is 0 Å². The van der Waals surface area contributed by atoms with Crippen LogP contribution in [0.1, 0.15) is 11.1 Å². The Morgan fingerprint density at radius 2 is 1.83 bits per heavy atom. The Balaban J connectivity index is 2.02. The molecule has 1 unspecified atom stereocenters. The van der Waals surface area contributed by atoms with Crippen LogP contribution in [0.2, 0.25) is 0 Å². The lowest BCUT2D eigenvalue weighted by molar-refractivity contribution is -0.885. The molecule has 3 N–H and O–H groups in total. The number of methoxy groups -OCH3 is 1. The van der Waals surface area contributed by atoms with Crippen LogP contribution in [0.5, 0.6) is 11.5 Å². The first-order valence-corrected chi connectivity index (χ1v) is 7.51. The summed E-state index contributed by atoms with van der Waals surface area (Å²) in [6, 6.07) is 15.8. The van der Waals surface area contributed by atoms with E-state index in [1.54, 1.807) is 7.11 Å². The summed E-state index contributed by atoms with van der Waals surface area (Å²) in [6.45, 7) is 1.48. The molecule has 23 heavy (non-hydrogen) atoms. The SMILES string of the molecule is COc1cc(C[NH+](C)CC(N)=O)ccc1OCc1ccccc1. The number of hydrogen-bond donors (Lipinski definition) is 2. The minimum atomic E-state index is -0.308. The summed E-state index contributed by atoms with van der Waals surface area (Å²) >= 11 is 0. The Morgan fingerprint density at radius 1 is 1.09 bits per heavy atom. The molecule has 122 valence electrons. The Labute approximate surface area is 136 Å². The molecule has 0 heterocycles. The molecule has 0 fully saturated rings. The first-order chi connectivity index (χ1) is 11.1. The van der Waals surface area contributed by atoms with Gasteiger partial charge in [-0.15, -0.1) is 0 Å². The lowest BCUT2D eigenvalue weighted by Crippen LogP contribution is -3.08. The van der Waals surface area contributed by atoms with Crippen molar-refractivity contribution in [1.29, 1.82) is 0 Å². The Hall–Kier alpha value is -2.53. The molecule has 0 saturated carbocycles. The third-order valence-electron chi connectivity index (χ3n) is 3.45. The summed E-state index contributed by atoms with van der Waals surface area (Å²) in [4.78, 5) is 12.0. The van der Waals surface area contributed by atoms with Crippen LogP contribution in [0.25, 0.3) is 0 Å². The highest BCUT2D eigenvalue weighted by molar-refractivity contribution is 5.74. The third kappa shape index (κ3) is 5.30. The molecule has 1 amide bonds. The molecule has 5 nitrogen and oxygen atoms in total. The molecule has 0 saturated heterocycles. The lowest BCUT2D eigenvalue weighted by atomic mass is 10.2. The van der Waals surface area contributed by atoms with Crippen molar-refractivity contribution < 1.29 is 19.2 Å². The van der Waals surface area contributed by atoms with E-state index in [0.29, 0.717) is 31.2 Å². The molecule has 5 heteroatoms. The number of hydrogen-bond acceptors (Lipinski definition) is 3. The number of amides is 1. The summed E-state index contributed by atoms with van der Waals surface area (Å²) in [5.74, 6) is 1.08. The summed E-state index contributed by atoms with van der Waals surface area (Å²) in [5, 5.41) is 0. The Morgan fingerprint density at radius 3 is 2.48 bits per heavy atom. The summed E-state index contributed by atoms with van der Waals surface area (Å²) in [5.41, 5.74) is 7.38. The fraction of sp³-hybridized carbons (Fsp3) is 0.278. The first kappa shape index (κ1) is 16.8. The van der Waals surface area contributed by atoms with Crippen LogP contribution < -0.4 is 20.1 Å². The average Bonchev–Trinajstić information content (AvgIpc) is 2.53. The molecule has 0 aliphatic heterocycles. The van der Waals surface area contributed by atoms with E-state index in [0.717, 1.165) is 16.0 Å². The van der Waals surface area contributed by atoms with Gasteiger partial charge in [-0.3, -0.25) is 4.79 Å². The number of carbonyl (C=O) groups is 1. The van der Waals surface area contributed by atoms with Gasteiger partial charge in [0.25, 0.3) is 5.91 Å². The highest BCUT2D eigenvalue weighted by atomic mass is 16.5. The number of nitrogens with two attached hydrogens (primary N) is 1. The normalized spacial score (nSPS) is 11.7. The van der Waals surface area contributed by atoms with Crippen molar-refractivity contribution in [3.63, 3.8) is 0 Å². The number of nitrogens with one attached hydrogen (secondary N) is 1. The third-order valence-corrected chi connectivity index (χ3v) is 3.45. The minimum absolute atomic E-state index is 0.300. The molecule has 0 aliphatic carbocycles. The van der Waals surface area contributed by atoms with Crippen molar-refractivity contribution in [2.45, 2.75) is 13.2 Å². The second-order valence-corrected chi connectivity index (χ2v) is 5.54. The van der Waals surface area contributed by atoms with Crippen molar-refractivity contribution in [2.24, 2.45) is 5.73 Å². The number of primary amides is 1. The van der Waals surface area contributed by atoms with Crippen molar-refractivity contribution in [1.82, 2.24) is 0 Å². The van der Waals surface area contributed by atoms with E-state index in [4.69, 9.17) is 15.2 Å². The maximum absolute atomic E-state index is 11.0. The van der Waals surface area contributed by atoms with Crippen LogP contribution >= 0.6 is 0 Å². The van der Waals surface area contributed by atoms with Crippen LogP contribution in [0.3, 0.4) is 0 Å². The predicted octanol–water partition coefficient (Wildman–Crippen LogP) is 0.774. The van der Waals surface area contributed by atoms with E-state index in [2.05, 4.69) is 0 Å². The number of ether oxygens (including phenoxy) is 2. The predicted molar refractivity (Wildman–Crippen MR) is 88.4 cm³/mol. The van der Waals surface area contributed by atoms with Crippen LogP contribution in [0.15, 0.2) is 48.5 Å². The largest absolute Gasteiger partial charge is 0.493 e. The van der Waals surface area contributed by atoms with Crippen molar-refractivity contribution in [3.05, 3.63) is 59.7 Å². The maximum atomic E-state index is 11.0. The Kier molecular flexibility index (Phi) is 6.00. The van der Waals surface area contributed by atoms with Gasteiger partial charge in [-0.1, -0.05) is 30.3 Å². The monoisotopic (exact) mass is 315 g/mol. The van der Waals surface area contributed by atoms with E-state index >= 15 is 0 Å². The van der Waals surface area contributed by atoms with Crippen LogP contribution in [0.4, 0.5) is 0 Å². The van der Waals surface area contributed by atoms with Crippen molar-refractivity contribution >= 4 is 5.91 Å². The molecular weight excluding hydrogens is 292 g/mol. The lowest BCUT2D eigenvalue weighted by Gasteiger charge is -2.15. The van der Waals surface area contributed by atoms with Gasteiger partial charge in [-0.2, -0.15) is 0 Å². The average molecular weight is 315 g/mol. The number of likely N-dealkylation sites (N-methyl/N-ethyl adjacent to an activating group) is 1. The zero-order valence-corrected chi connectivity index (χ0v) is 13.5. The smallest absolute Gasteiger partial charge is 0.272 e. The van der Waals surface area contributed by atoms with Crippen LogP contribution in [0, 0.1) is 0 Å². The van der Waals surface area contributed by atoms with Crippen molar-refractivity contribution in [2.75, 3.05) is 20.7 Å². The second-order valence-electron chi connectivity index (χ2n) is 5.54. The van der Waals surface area contributed by atoms with Gasteiger partial charge in [0.15, 0.2) is 18.0 Å². The van der Waals surface area contributed by atoms with E-state index in [-0.39, 0.29) is 5.91 Å². The number of benzene rings is 2. The van der Waals surface area contributed by atoms with Crippen molar-refractivity contribution in [3.8, 4) is 11.5 Å². The first-order valence-electron chi connectivity index (χ1n) is 7.51. The molecular formula is C18H23N2O3+. The number of quaternary nitrogens is 1. The highest BCUT2D eigenvalue weighted by Crippen LogP contribution is 2.28. The van der Waals surface area contributed by atoms with Gasteiger partial charge in [0.05, 0.1) is 14.2 Å². The van der Waals surface area contributed by atoms with E-state index in [9.17, 15) is 4.79 Å². The zero-order chi connectivity index (χ0) is 16.7. The standard InChI is InChI=1S/C18H22N2O3/c1-20(12-18(19)21)11-15-8-9-16(17(10-15)22-2)23-13-14-6-4-3-5-7-14/h3-10H,11-13H2,1-2H3,(H2,19,21)/p+1. The molecule has 0 bridgehead atoms. The van der Waals surface area contributed by atoms with Crippen LogP contribution in [-0.2, 0) is 17.9 Å². The molecule has 0 aromatic heterocycles.